The predicted octanol–water partition coefficient (Wildman–Crippen LogP) is 3.98. The monoisotopic (exact) mass is 254 g/mol. The Balaban J connectivity index is 0.00000121. The molecule has 3 heteroatoms. The van der Waals surface area contributed by atoms with Crippen LogP contribution in [0.2, 0.25) is 0 Å². The summed E-state index contributed by atoms with van der Waals surface area (Å²) in [6.45, 7) is 10.4. The molecule has 1 aromatic rings. The van der Waals surface area contributed by atoms with Gasteiger partial charge in [-0.1, -0.05) is 31.5 Å². The molecule has 0 atom stereocenters. The Morgan fingerprint density at radius 3 is 2.53 bits per heavy atom. The molecule has 96 valence electrons. The molecule has 0 saturated heterocycles. The normalized spacial score (nSPS) is 9.24. The molecule has 0 aliphatic carbocycles. The number of thioether (sulfide) groups is 1. The summed E-state index contributed by atoms with van der Waals surface area (Å²) in [6, 6.07) is 6.24. The number of hydrogen-bond acceptors (Lipinski definition) is 3. The highest BCUT2D eigenvalue weighted by atomic mass is 32.2. The van der Waals surface area contributed by atoms with Crippen LogP contribution in [0.5, 0.6) is 0 Å². The van der Waals surface area contributed by atoms with E-state index in [9.17, 15) is 4.79 Å². The Morgan fingerprint density at radius 2 is 1.94 bits per heavy atom. The smallest absolute Gasteiger partial charge is 0.316 e. The molecule has 0 spiro atoms. The first kappa shape index (κ1) is 16.0. The lowest BCUT2D eigenvalue weighted by molar-refractivity contribution is -0.139. The minimum absolute atomic E-state index is 0.150. The van der Waals surface area contributed by atoms with Gasteiger partial charge in [0, 0.05) is 4.90 Å². The summed E-state index contributed by atoms with van der Waals surface area (Å²) in [4.78, 5) is 12.3. The Hall–Kier alpha value is -0.960. The van der Waals surface area contributed by atoms with E-state index in [1.165, 1.54) is 22.9 Å². The van der Waals surface area contributed by atoms with Crippen LogP contribution >= 0.6 is 11.8 Å². The van der Waals surface area contributed by atoms with Crippen molar-refractivity contribution >= 4 is 17.7 Å². The van der Waals surface area contributed by atoms with Crippen LogP contribution in [0.25, 0.3) is 0 Å². The van der Waals surface area contributed by atoms with Crippen LogP contribution < -0.4 is 0 Å². The van der Waals surface area contributed by atoms with Crippen molar-refractivity contribution in [1.82, 2.24) is 0 Å². The van der Waals surface area contributed by atoms with E-state index in [0.29, 0.717) is 12.4 Å². The molecule has 0 heterocycles. The minimum atomic E-state index is -0.150. The molecular formula is C14H22O2S. The lowest BCUT2D eigenvalue weighted by atomic mass is 10.2. The molecule has 0 radical (unpaired) electrons. The highest BCUT2D eigenvalue weighted by Gasteiger charge is 2.05. The van der Waals surface area contributed by atoms with Gasteiger partial charge in [0.1, 0.15) is 0 Å². The lowest BCUT2D eigenvalue weighted by Gasteiger charge is -2.06. The molecule has 0 aliphatic heterocycles. The van der Waals surface area contributed by atoms with Crippen LogP contribution in [-0.4, -0.2) is 18.3 Å². The number of benzene rings is 1. The van der Waals surface area contributed by atoms with E-state index >= 15 is 0 Å². The summed E-state index contributed by atoms with van der Waals surface area (Å²) >= 11 is 1.53. The van der Waals surface area contributed by atoms with Gasteiger partial charge in [0.05, 0.1) is 12.4 Å². The van der Waals surface area contributed by atoms with Crippen LogP contribution in [0.15, 0.2) is 23.1 Å². The highest BCUT2D eigenvalue weighted by molar-refractivity contribution is 8.00. The molecule has 0 aromatic heterocycles. The van der Waals surface area contributed by atoms with Crippen LogP contribution in [0.4, 0.5) is 0 Å². The summed E-state index contributed by atoms with van der Waals surface area (Å²) in [7, 11) is 0. The van der Waals surface area contributed by atoms with Crippen LogP contribution in [0, 0.1) is 13.8 Å². The van der Waals surface area contributed by atoms with Gasteiger partial charge in [-0.15, -0.1) is 11.8 Å². The maximum Gasteiger partial charge on any atom is 0.316 e. The minimum Gasteiger partial charge on any atom is -0.465 e. The van der Waals surface area contributed by atoms with Gasteiger partial charge in [-0.25, -0.2) is 0 Å². The number of hydrogen-bond donors (Lipinski definition) is 0. The summed E-state index contributed by atoms with van der Waals surface area (Å²) in [6.07, 6.45) is 0. The van der Waals surface area contributed by atoms with E-state index < -0.39 is 0 Å². The fraction of sp³-hybridized carbons (Fsp3) is 0.500. The van der Waals surface area contributed by atoms with Crippen LogP contribution in [-0.2, 0) is 9.53 Å². The Labute approximate surface area is 109 Å². The number of esters is 1. The molecule has 0 unspecified atom stereocenters. The number of rotatable bonds is 4. The van der Waals surface area contributed by atoms with E-state index in [2.05, 4.69) is 18.2 Å². The van der Waals surface area contributed by atoms with E-state index in [-0.39, 0.29) is 5.97 Å². The van der Waals surface area contributed by atoms with Gasteiger partial charge in [-0.05, 0) is 32.4 Å². The Bertz CT molecular complexity index is 348. The quantitative estimate of drug-likeness (QED) is 0.600. The molecule has 0 aliphatic rings. The van der Waals surface area contributed by atoms with Crippen molar-refractivity contribution in [2.24, 2.45) is 0 Å². The molecule has 0 bridgehead atoms. The van der Waals surface area contributed by atoms with Crippen molar-refractivity contribution < 1.29 is 9.53 Å². The molecule has 2 nitrogen and oxygen atoms in total. The first-order chi connectivity index (χ1) is 8.13. The fourth-order valence-electron chi connectivity index (χ4n) is 1.20. The van der Waals surface area contributed by atoms with E-state index in [0.717, 1.165) is 4.90 Å². The van der Waals surface area contributed by atoms with Crippen molar-refractivity contribution in [3.63, 3.8) is 0 Å². The molecule has 0 N–H and O–H groups in total. The number of carbonyl (C=O) groups is 1. The third-order valence-electron chi connectivity index (χ3n) is 1.99. The van der Waals surface area contributed by atoms with Gasteiger partial charge in [-0.2, -0.15) is 0 Å². The average Bonchev–Trinajstić information content (AvgIpc) is 2.33. The molecule has 17 heavy (non-hydrogen) atoms. The second-order valence-electron chi connectivity index (χ2n) is 3.36. The Kier molecular flexibility index (Phi) is 8.60. The number of carbonyl (C=O) groups excluding carboxylic acids is 1. The van der Waals surface area contributed by atoms with E-state index in [1.807, 2.05) is 34.6 Å². The third-order valence-corrected chi connectivity index (χ3v) is 3.13. The second-order valence-corrected chi connectivity index (χ2v) is 4.38. The molecule has 0 amide bonds. The summed E-state index contributed by atoms with van der Waals surface area (Å²) in [5.74, 6) is 0.237. The first-order valence-electron chi connectivity index (χ1n) is 5.99. The van der Waals surface area contributed by atoms with Gasteiger partial charge >= 0.3 is 5.97 Å². The van der Waals surface area contributed by atoms with Crippen molar-refractivity contribution in [3.8, 4) is 0 Å². The molecule has 1 aromatic carbocycles. The largest absolute Gasteiger partial charge is 0.465 e. The van der Waals surface area contributed by atoms with Crippen molar-refractivity contribution in [2.45, 2.75) is 39.5 Å². The zero-order valence-electron chi connectivity index (χ0n) is 11.4. The topological polar surface area (TPSA) is 26.3 Å². The SMILES string of the molecule is CC.CCOC(=O)CSc1cc(C)ccc1C. The van der Waals surface area contributed by atoms with Crippen molar-refractivity contribution in [2.75, 3.05) is 12.4 Å². The second kappa shape index (κ2) is 9.11. The number of ether oxygens (including phenoxy) is 1. The van der Waals surface area contributed by atoms with E-state index in [1.54, 1.807) is 0 Å². The standard InChI is InChI=1S/C12H16O2S.C2H6/c1-4-14-12(13)8-15-11-7-9(2)5-6-10(11)3;1-2/h5-7H,4,8H2,1-3H3;1-2H3. The van der Waals surface area contributed by atoms with E-state index in [4.69, 9.17) is 4.74 Å². The summed E-state index contributed by atoms with van der Waals surface area (Å²) in [5.41, 5.74) is 2.42. The maximum absolute atomic E-state index is 11.2. The van der Waals surface area contributed by atoms with Gasteiger partial charge in [-0.3, -0.25) is 4.79 Å². The highest BCUT2D eigenvalue weighted by Crippen LogP contribution is 2.23. The van der Waals surface area contributed by atoms with Crippen molar-refractivity contribution in [3.05, 3.63) is 29.3 Å². The van der Waals surface area contributed by atoms with Crippen LogP contribution in [0.3, 0.4) is 0 Å². The third kappa shape index (κ3) is 6.37. The molecule has 0 fully saturated rings. The average molecular weight is 254 g/mol. The van der Waals surface area contributed by atoms with Gasteiger partial charge < -0.3 is 4.74 Å². The lowest BCUT2D eigenvalue weighted by Crippen LogP contribution is -2.06. The van der Waals surface area contributed by atoms with Gasteiger partial charge in [0.25, 0.3) is 0 Å². The zero-order valence-corrected chi connectivity index (χ0v) is 12.2. The van der Waals surface area contributed by atoms with Crippen molar-refractivity contribution in [1.29, 1.82) is 0 Å². The number of aryl methyl sites for hydroxylation is 2. The first-order valence-corrected chi connectivity index (χ1v) is 6.97. The zero-order chi connectivity index (χ0) is 13.3. The van der Waals surface area contributed by atoms with Crippen LogP contribution in [0.1, 0.15) is 31.9 Å². The van der Waals surface area contributed by atoms with Gasteiger partial charge in [0.2, 0.25) is 0 Å². The molecular weight excluding hydrogens is 232 g/mol. The summed E-state index contributed by atoms with van der Waals surface area (Å²) < 4.78 is 4.87. The summed E-state index contributed by atoms with van der Waals surface area (Å²) in [5, 5.41) is 0. The fourth-order valence-corrected chi connectivity index (χ4v) is 2.12. The molecule has 0 saturated carbocycles. The predicted molar refractivity (Wildman–Crippen MR) is 74.6 cm³/mol. The molecule has 1 rings (SSSR count). The Morgan fingerprint density at radius 1 is 1.29 bits per heavy atom. The van der Waals surface area contributed by atoms with Gasteiger partial charge in [0.15, 0.2) is 0 Å². The maximum atomic E-state index is 11.2.